The van der Waals surface area contributed by atoms with Gasteiger partial charge in [0, 0.05) is 15.9 Å². The lowest BCUT2D eigenvalue weighted by Crippen LogP contribution is -2.09. The lowest BCUT2D eigenvalue weighted by atomic mass is 10.2. The van der Waals surface area contributed by atoms with Crippen LogP contribution in [0.25, 0.3) is 0 Å². The highest BCUT2D eigenvalue weighted by Crippen LogP contribution is 2.39. The summed E-state index contributed by atoms with van der Waals surface area (Å²) in [5, 5.41) is 11.0. The fourth-order valence-corrected chi connectivity index (χ4v) is 4.37. The maximum absolute atomic E-state index is 11.0. The van der Waals surface area contributed by atoms with Crippen molar-refractivity contribution in [3.05, 3.63) is 89.0 Å². The second-order valence-corrected chi connectivity index (χ2v) is 7.82. The number of nitrogens with zero attached hydrogens (tertiary/aromatic N) is 1. The lowest BCUT2D eigenvalue weighted by Gasteiger charge is -2.19. The number of benzene rings is 3. The van der Waals surface area contributed by atoms with Crippen LogP contribution in [0.15, 0.2) is 88.7 Å². The van der Waals surface area contributed by atoms with Crippen LogP contribution in [-0.4, -0.2) is 9.69 Å². The smallest absolute Gasteiger partial charge is 0.273 e. The third-order valence-corrected chi connectivity index (χ3v) is 5.63. The van der Waals surface area contributed by atoms with E-state index in [1.807, 2.05) is 60.7 Å². The summed E-state index contributed by atoms with van der Waals surface area (Å²) < 4.78 is 5.68. The van der Waals surface area contributed by atoms with Crippen molar-refractivity contribution >= 4 is 34.9 Å². The molecule has 3 aromatic rings. The number of nitro benzene ring substituents is 1. The first-order valence-corrected chi connectivity index (χ1v) is 9.52. The van der Waals surface area contributed by atoms with Crippen LogP contribution >= 0.6 is 23.5 Å². The second kappa shape index (κ2) is 8.64. The third kappa shape index (κ3) is 4.93. The van der Waals surface area contributed by atoms with E-state index in [-0.39, 0.29) is 10.5 Å². The molecule has 0 saturated heterocycles. The molecule has 0 radical (unpaired) electrons. The van der Waals surface area contributed by atoms with Gasteiger partial charge in [-0.3, -0.25) is 10.1 Å². The molecule has 0 unspecified atom stereocenters. The predicted octanol–water partition coefficient (Wildman–Crippen LogP) is 5.42. The van der Waals surface area contributed by atoms with Gasteiger partial charge in [-0.25, -0.2) is 0 Å². The van der Waals surface area contributed by atoms with Crippen molar-refractivity contribution in [3.63, 3.8) is 0 Å². The number of nitrogens with two attached hydrogens (primary N) is 1. The number of hydrogen-bond acceptors (Lipinski definition) is 6. The van der Waals surface area contributed by atoms with Gasteiger partial charge in [0.15, 0.2) is 10.5 Å². The van der Waals surface area contributed by atoms with E-state index < -0.39 is 4.92 Å². The maximum Gasteiger partial charge on any atom is 0.273 e. The van der Waals surface area contributed by atoms with Crippen LogP contribution in [0.3, 0.4) is 0 Å². The molecule has 0 aliphatic carbocycles. The molecule has 3 rings (SSSR count). The monoisotopic (exact) mass is 384 g/mol. The standard InChI is InChI=1S/C19H16N2O3S2/c20-17-12-11-14(21(22)23)13-18(17)24-19(25-15-7-3-1-4-8-15)26-16-9-5-2-6-10-16/h1-13,19H,20H2. The summed E-state index contributed by atoms with van der Waals surface area (Å²) in [5.41, 5.74) is 6.27. The molecular formula is C19H16N2O3S2. The zero-order valence-electron chi connectivity index (χ0n) is 13.6. The van der Waals surface area contributed by atoms with Crippen LogP contribution in [-0.2, 0) is 0 Å². The first-order valence-electron chi connectivity index (χ1n) is 7.76. The second-order valence-electron chi connectivity index (χ2n) is 5.25. The zero-order chi connectivity index (χ0) is 18.4. The van der Waals surface area contributed by atoms with Crippen molar-refractivity contribution in [2.75, 3.05) is 5.73 Å². The first kappa shape index (κ1) is 18.2. The Morgan fingerprint density at radius 2 is 1.42 bits per heavy atom. The van der Waals surface area contributed by atoms with Crippen molar-refractivity contribution in [1.29, 1.82) is 0 Å². The predicted molar refractivity (Wildman–Crippen MR) is 107 cm³/mol. The quantitative estimate of drug-likeness (QED) is 0.193. The third-order valence-electron chi connectivity index (χ3n) is 3.38. The molecule has 7 heteroatoms. The van der Waals surface area contributed by atoms with Crippen LogP contribution in [0.2, 0.25) is 0 Å². The molecular weight excluding hydrogens is 368 g/mol. The first-order chi connectivity index (χ1) is 12.6. The Balaban J connectivity index is 1.85. The maximum atomic E-state index is 11.0. The summed E-state index contributed by atoms with van der Waals surface area (Å²) in [6.07, 6.45) is 0. The number of anilines is 1. The molecule has 132 valence electrons. The lowest BCUT2D eigenvalue weighted by molar-refractivity contribution is -0.384. The van der Waals surface area contributed by atoms with E-state index in [2.05, 4.69) is 0 Å². The van der Waals surface area contributed by atoms with Gasteiger partial charge in [0.05, 0.1) is 16.7 Å². The van der Waals surface area contributed by atoms with Crippen LogP contribution in [0, 0.1) is 10.1 Å². The number of rotatable bonds is 7. The topological polar surface area (TPSA) is 78.4 Å². The molecule has 0 spiro atoms. The van der Waals surface area contributed by atoms with Gasteiger partial charge >= 0.3 is 0 Å². The van der Waals surface area contributed by atoms with Crippen LogP contribution in [0.1, 0.15) is 0 Å². The molecule has 0 saturated carbocycles. The SMILES string of the molecule is Nc1ccc([N+](=O)[O-])cc1OC(Sc1ccccc1)Sc1ccccc1. The highest BCUT2D eigenvalue weighted by molar-refractivity contribution is 8.16. The molecule has 2 N–H and O–H groups in total. The minimum atomic E-state index is -0.462. The van der Waals surface area contributed by atoms with Crippen molar-refractivity contribution in [2.45, 2.75) is 14.6 Å². The Bertz CT molecular complexity index is 835. The van der Waals surface area contributed by atoms with Crippen molar-refractivity contribution in [2.24, 2.45) is 0 Å². The van der Waals surface area contributed by atoms with E-state index in [0.717, 1.165) is 9.79 Å². The molecule has 5 nitrogen and oxygen atoms in total. The Morgan fingerprint density at radius 3 is 1.92 bits per heavy atom. The van der Waals surface area contributed by atoms with Crippen molar-refractivity contribution in [1.82, 2.24) is 0 Å². The largest absolute Gasteiger partial charge is 0.467 e. The highest BCUT2D eigenvalue weighted by Gasteiger charge is 2.18. The average molecular weight is 384 g/mol. The van der Waals surface area contributed by atoms with Gasteiger partial charge in [-0.05, 0) is 30.3 Å². The summed E-state index contributed by atoms with van der Waals surface area (Å²) in [5.74, 6) is 0.302. The molecule has 0 fully saturated rings. The van der Waals surface area contributed by atoms with Crippen molar-refractivity contribution < 1.29 is 9.66 Å². The number of non-ortho nitro benzene ring substituents is 1. The molecule has 0 heterocycles. The molecule has 0 aromatic heterocycles. The number of nitro groups is 1. The van der Waals surface area contributed by atoms with Gasteiger partial charge in [0.25, 0.3) is 5.69 Å². The van der Waals surface area contributed by atoms with Gasteiger partial charge < -0.3 is 10.5 Å². The van der Waals surface area contributed by atoms with E-state index in [0.29, 0.717) is 11.4 Å². The van der Waals surface area contributed by atoms with Gasteiger partial charge in [-0.1, -0.05) is 59.9 Å². The summed E-state index contributed by atoms with van der Waals surface area (Å²) in [6.45, 7) is 0. The Kier molecular flexibility index (Phi) is 6.04. The Morgan fingerprint density at radius 1 is 0.885 bits per heavy atom. The van der Waals surface area contributed by atoms with E-state index in [1.165, 1.54) is 41.7 Å². The highest BCUT2D eigenvalue weighted by atomic mass is 32.2. The average Bonchev–Trinajstić information content (AvgIpc) is 2.65. The summed E-state index contributed by atoms with van der Waals surface area (Å²) in [6, 6.07) is 23.9. The Labute approximate surface area is 159 Å². The van der Waals surface area contributed by atoms with Gasteiger partial charge in [-0.15, -0.1) is 0 Å². The minimum absolute atomic E-state index is 0.0534. The van der Waals surface area contributed by atoms with E-state index >= 15 is 0 Å². The van der Waals surface area contributed by atoms with Gasteiger partial charge in [0.1, 0.15) is 0 Å². The molecule has 0 bridgehead atoms. The molecule has 0 aliphatic heterocycles. The Hall–Kier alpha value is -2.64. The van der Waals surface area contributed by atoms with E-state index in [9.17, 15) is 10.1 Å². The molecule has 0 aliphatic rings. The fraction of sp³-hybridized carbons (Fsp3) is 0.0526. The van der Waals surface area contributed by atoms with E-state index in [4.69, 9.17) is 10.5 Å². The number of hydrogen-bond donors (Lipinski definition) is 1. The van der Waals surface area contributed by atoms with Gasteiger partial charge in [0.2, 0.25) is 0 Å². The molecule has 3 aromatic carbocycles. The number of thioether (sulfide) groups is 2. The van der Waals surface area contributed by atoms with Crippen LogP contribution < -0.4 is 10.5 Å². The summed E-state index contributed by atoms with van der Waals surface area (Å²) in [4.78, 5) is 12.6. The normalized spacial score (nSPS) is 10.7. The fourth-order valence-electron chi connectivity index (χ4n) is 2.13. The van der Waals surface area contributed by atoms with Crippen LogP contribution in [0.5, 0.6) is 5.75 Å². The van der Waals surface area contributed by atoms with Gasteiger partial charge in [-0.2, -0.15) is 0 Å². The summed E-state index contributed by atoms with van der Waals surface area (Å²) in [7, 11) is 0. The number of nitrogen functional groups attached to an aromatic ring is 1. The van der Waals surface area contributed by atoms with Crippen molar-refractivity contribution in [3.8, 4) is 5.75 Å². The molecule has 0 amide bonds. The molecule has 26 heavy (non-hydrogen) atoms. The van der Waals surface area contributed by atoms with Crippen LogP contribution in [0.4, 0.5) is 11.4 Å². The molecule has 0 atom stereocenters. The summed E-state index contributed by atoms with van der Waals surface area (Å²) >= 11 is 3.03. The zero-order valence-corrected chi connectivity index (χ0v) is 15.3. The minimum Gasteiger partial charge on any atom is -0.467 e. The number of ether oxygens (including phenoxy) is 1. The van der Waals surface area contributed by atoms with E-state index in [1.54, 1.807) is 0 Å².